The molecule has 0 aliphatic carbocycles. The summed E-state index contributed by atoms with van der Waals surface area (Å²) in [6.07, 6.45) is 1.62. The fraction of sp³-hybridized carbons (Fsp3) is 0.222. The Hall–Kier alpha value is -2.67. The van der Waals surface area contributed by atoms with E-state index in [1.54, 1.807) is 23.0 Å². The highest BCUT2D eigenvalue weighted by Gasteiger charge is 2.20. The molecule has 0 saturated heterocycles. The highest BCUT2D eigenvalue weighted by molar-refractivity contribution is 7.92. The molecule has 0 saturated carbocycles. The fourth-order valence-electron chi connectivity index (χ4n) is 3.03. The third-order valence-corrected chi connectivity index (χ3v) is 5.67. The summed E-state index contributed by atoms with van der Waals surface area (Å²) in [5.74, 6) is 0.722. The van der Waals surface area contributed by atoms with Gasteiger partial charge in [-0.2, -0.15) is 0 Å². The van der Waals surface area contributed by atoms with E-state index in [1.165, 1.54) is 0 Å². The Kier molecular flexibility index (Phi) is 4.34. The minimum absolute atomic E-state index is 0.329. The van der Waals surface area contributed by atoms with Crippen LogP contribution in [0.25, 0.3) is 11.4 Å². The van der Waals surface area contributed by atoms with Crippen LogP contribution in [0.1, 0.15) is 16.7 Å². The molecule has 3 rings (SSSR count). The van der Waals surface area contributed by atoms with Crippen molar-refractivity contribution >= 4 is 15.7 Å². The van der Waals surface area contributed by atoms with Crippen LogP contribution in [-0.4, -0.2) is 23.2 Å². The molecule has 0 bridgehead atoms. The molecule has 0 aliphatic heterocycles. The normalized spacial score (nSPS) is 11.5. The van der Waals surface area contributed by atoms with Crippen LogP contribution in [0.4, 0.5) is 5.69 Å². The van der Waals surface area contributed by atoms with Crippen molar-refractivity contribution in [1.82, 2.24) is 14.8 Å². The second-order valence-electron chi connectivity index (χ2n) is 6.18. The molecule has 0 atom stereocenters. The minimum Gasteiger partial charge on any atom is -0.317 e. The second-order valence-corrected chi connectivity index (χ2v) is 7.80. The van der Waals surface area contributed by atoms with Gasteiger partial charge in [0.05, 0.1) is 4.90 Å². The lowest BCUT2D eigenvalue weighted by Crippen LogP contribution is -2.15. The first-order valence-corrected chi connectivity index (χ1v) is 9.31. The van der Waals surface area contributed by atoms with Gasteiger partial charge in [0.2, 0.25) is 0 Å². The van der Waals surface area contributed by atoms with Crippen molar-refractivity contribution in [3.63, 3.8) is 0 Å². The maximum atomic E-state index is 12.8. The molecule has 1 N–H and O–H groups in total. The monoisotopic (exact) mass is 356 g/mol. The summed E-state index contributed by atoms with van der Waals surface area (Å²) in [6, 6.07) is 10.8. The van der Waals surface area contributed by atoms with Gasteiger partial charge in [-0.3, -0.25) is 4.72 Å². The number of rotatable bonds is 4. The molecule has 3 aromatic rings. The lowest BCUT2D eigenvalue weighted by atomic mass is 10.1. The van der Waals surface area contributed by atoms with Gasteiger partial charge in [0.25, 0.3) is 10.0 Å². The van der Waals surface area contributed by atoms with Crippen LogP contribution in [0.15, 0.2) is 47.6 Å². The lowest BCUT2D eigenvalue weighted by Gasteiger charge is -2.14. The van der Waals surface area contributed by atoms with Crippen molar-refractivity contribution in [3.8, 4) is 11.4 Å². The molecule has 130 valence electrons. The number of aromatic nitrogens is 3. The largest absolute Gasteiger partial charge is 0.317 e. The Labute approximate surface area is 147 Å². The molecule has 7 heteroatoms. The number of anilines is 1. The van der Waals surface area contributed by atoms with Crippen LogP contribution in [0.5, 0.6) is 0 Å². The summed E-state index contributed by atoms with van der Waals surface area (Å²) in [5, 5.41) is 7.89. The molecule has 0 fully saturated rings. The Morgan fingerprint density at radius 3 is 2.12 bits per heavy atom. The molecule has 0 amide bonds. The van der Waals surface area contributed by atoms with Crippen LogP contribution in [0.3, 0.4) is 0 Å². The third-order valence-electron chi connectivity index (χ3n) is 3.98. The summed E-state index contributed by atoms with van der Waals surface area (Å²) in [5.41, 5.74) is 3.89. The zero-order valence-electron chi connectivity index (χ0n) is 14.6. The van der Waals surface area contributed by atoms with Crippen molar-refractivity contribution in [1.29, 1.82) is 0 Å². The Morgan fingerprint density at radius 2 is 1.60 bits per heavy atom. The van der Waals surface area contributed by atoms with Crippen molar-refractivity contribution in [2.75, 3.05) is 4.72 Å². The van der Waals surface area contributed by atoms with Gasteiger partial charge in [0.15, 0.2) is 5.82 Å². The Balaban J connectivity index is 1.91. The molecular formula is C18H20N4O2S. The zero-order chi connectivity index (χ0) is 18.2. The van der Waals surface area contributed by atoms with E-state index in [9.17, 15) is 8.42 Å². The van der Waals surface area contributed by atoms with E-state index in [0.717, 1.165) is 28.1 Å². The smallest absolute Gasteiger partial charge is 0.262 e. The van der Waals surface area contributed by atoms with Crippen molar-refractivity contribution in [2.24, 2.45) is 7.05 Å². The van der Waals surface area contributed by atoms with E-state index in [2.05, 4.69) is 14.9 Å². The molecule has 0 aliphatic rings. The average Bonchev–Trinajstić information content (AvgIpc) is 2.92. The average molecular weight is 356 g/mol. The first-order chi connectivity index (χ1) is 11.8. The number of nitrogens with zero attached hydrogens (tertiary/aromatic N) is 3. The van der Waals surface area contributed by atoms with Gasteiger partial charge < -0.3 is 4.57 Å². The maximum absolute atomic E-state index is 12.8. The third kappa shape index (κ3) is 3.41. The zero-order valence-corrected chi connectivity index (χ0v) is 15.4. The van der Waals surface area contributed by atoms with Gasteiger partial charge in [0, 0.05) is 18.3 Å². The van der Waals surface area contributed by atoms with E-state index < -0.39 is 10.0 Å². The number of benzene rings is 2. The van der Waals surface area contributed by atoms with Crippen LogP contribution in [0, 0.1) is 20.8 Å². The summed E-state index contributed by atoms with van der Waals surface area (Å²) in [4.78, 5) is 0.329. The summed E-state index contributed by atoms with van der Waals surface area (Å²) in [7, 11) is -1.79. The molecule has 2 aromatic carbocycles. The summed E-state index contributed by atoms with van der Waals surface area (Å²) in [6.45, 7) is 5.58. The van der Waals surface area contributed by atoms with E-state index in [-0.39, 0.29) is 0 Å². The maximum Gasteiger partial charge on any atom is 0.262 e. The SMILES string of the molecule is Cc1cc(C)c(S(=O)(=O)Nc2ccc(-c3nncn3C)cc2)c(C)c1. The van der Waals surface area contributed by atoms with E-state index in [0.29, 0.717) is 10.6 Å². The van der Waals surface area contributed by atoms with Crippen molar-refractivity contribution in [2.45, 2.75) is 25.7 Å². The van der Waals surface area contributed by atoms with Crippen LogP contribution < -0.4 is 4.72 Å². The number of nitrogens with one attached hydrogen (secondary N) is 1. The van der Waals surface area contributed by atoms with Gasteiger partial charge in [-0.25, -0.2) is 8.42 Å². The van der Waals surface area contributed by atoms with Gasteiger partial charge in [0.1, 0.15) is 6.33 Å². The molecule has 25 heavy (non-hydrogen) atoms. The van der Waals surface area contributed by atoms with Crippen molar-refractivity contribution < 1.29 is 8.42 Å². The Bertz CT molecular complexity index is 998. The lowest BCUT2D eigenvalue weighted by molar-refractivity contribution is 0.600. The molecule has 0 unspecified atom stereocenters. The van der Waals surface area contributed by atoms with Gasteiger partial charge in [-0.1, -0.05) is 17.7 Å². The highest BCUT2D eigenvalue weighted by Crippen LogP contribution is 2.25. The van der Waals surface area contributed by atoms with E-state index in [1.807, 2.05) is 52.1 Å². The molecule has 1 aromatic heterocycles. The number of hydrogen-bond donors (Lipinski definition) is 1. The molecule has 0 radical (unpaired) electrons. The molecule has 1 heterocycles. The first kappa shape index (κ1) is 17.2. The van der Waals surface area contributed by atoms with Crippen LogP contribution in [-0.2, 0) is 17.1 Å². The topological polar surface area (TPSA) is 76.9 Å². The van der Waals surface area contributed by atoms with Crippen molar-refractivity contribution in [3.05, 3.63) is 59.4 Å². The molecular weight excluding hydrogens is 336 g/mol. The predicted molar refractivity (Wildman–Crippen MR) is 97.9 cm³/mol. The van der Waals surface area contributed by atoms with Crippen LogP contribution in [0.2, 0.25) is 0 Å². The first-order valence-electron chi connectivity index (χ1n) is 7.83. The highest BCUT2D eigenvalue weighted by atomic mass is 32.2. The minimum atomic E-state index is -3.65. The predicted octanol–water partition coefficient (Wildman–Crippen LogP) is 3.21. The standard InChI is InChI=1S/C18H20N4O2S/c1-12-9-13(2)17(14(3)10-12)25(23,24)21-16-7-5-15(6-8-16)18-20-19-11-22(18)4/h5-11,21H,1-4H3. The number of aryl methyl sites for hydroxylation is 4. The molecule has 6 nitrogen and oxygen atoms in total. The van der Waals surface area contributed by atoms with Crippen LogP contribution >= 0.6 is 0 Å². The number of sulfonamides is 1. The van der Waals surface area contributed by atoms with Gasteiger partial charge in [-0.05, 0) is 56.2 Å². The van der Waals surface area contributed by atoms with E-state index >= 15 is 0 Å². The molecule has 0 spiro atoms. The Morgan fingerprint density at radius 1 is 1.00 bits per heavy atom. The van der Waals surface area contributed by atoms with Gasteiger partial charge in [-0.15, -0.1) is 10.2 Å². The summed E-state index contributed by atoms with van der Waals surface area (Å²) >= 11 is 0. The fourth-order valence-corrected chi connectivity index (χ4v) is 4.54. The second kappa shape index (κ2) is 6.33. The van der Waals surface area contributed by atoms with Gasteiger partial charge >= 0.3 is 0 Å². The summed E-state index contributed by atoms with van der Waals surface area (Å²) < 4.78 is 30.0. The van der Waals surface area contributed by atoms with E-state index in [4.69, 9.17) is 0 Å². The quantitative estimate of drug-likeness (QED) is 0.779. The number of hydrogen-bond acceptors (Lipinski definition) is 4.